The summed E-state index contributed by atoms with van der Waals surface area (Å²) in [5.74, 6) is -0.651. The van der Waals surface area contributed by atoms with Crippen LogP contribution in [0.4, 0.5) is 17.6 Å². The van der Waals surface area contributed by atoms with Crippen LogP contribution in [0.5, 0.6) is 0 Å². The third-order valence-corrected chi connectivity index (χ3v) is 3.33. The molecule has 1 nitrogen and oxygen atoms in total. The molecule has 2 N–H and O–H groups in total. The Labute approximate surface area is 96.6 Å². The van der Waals surface area contributed by atoms with Gasteiger partial charge < -0.3 is 5.73 Å². The van der Waals surface area contributed by atoms with Gasteiger partial charge in [0.2, 0.25) is 0 Å². The lowest BCUT2D eigenvalue weighted by atomic mass is 9.88. The number of nitrogens with two attached hydrogens (primary N) is 1. The van der Waals surface area contributed by atoms with Crippen LogP contribution in [-0.2, 0) is 11.7 Å². The van der Waals surface area contributed by atoms with Gasteiger partial charge in [-0.15, -0.1) is 0 Å². The van der Waals surface area contributed by atoms with E-state index in [2.05, 4.69) is 0 Å². The van der Waals surface area contributed by atoms with Crippen LogP contribution in [0, 0.1) is 5.82 Å². The zero-order chi connectivity index (χ0) is 12.7. The third-order valence-electron chi connectivity index (χ3n) is 3.33. The van der Waals surface area contributed by atoms with Gasteiger partial charge in [-0.25, -0.2) is 4.39 Å². The van der Waals surface area contributed by atoms with Crippen LogP contribution in [0.3, 0.4) is 0 Å². The highest BCUT2D eigenvalue weighted by molar-refractivity contribution is 5.33. The van der Waals surface area contributed by atoms with Crippen molar-refractivity contribution in [3.63, 3.8) is 0 Å². The minimum Gasteiger partial charge on any atom is -0.321 e. The molecule has 0 spiro atoms. The molecule has 0 bridgehead atoms. The summed E-state index contributed by atoms with van der Waals surface area (Å²) in [6.07, 6.45) is -1.74. The molecule has 94 valence electrons. The average Bonchev–Trinajstić information content (AvgIpc) is 2.65. The molecule has 0 atom stereocenters. The first-order valence-electron chi connectivity index (χ1n) is 5.49. The van der Waals surface area contributed by atoms with E-state index in [0.29, 0.717) is 12.8 Å². The molecular formula is C12H13F4N. The first-order chi connectivity index (χ1) is 7.83. The lowest BCUT2D eigenvalue weighted by molar-refractivity contribution is -0.137. The van der Waals surface area contributed by atoms with Gasteiger partial charge in [-0.1, -0.05) is 12.8 Å². The smallest absolute Gasteiger partial charge is 0.321 e. The fourth-order valence-electron chi connectivity index (χ4n) is 2.36. The Kier molecular flexibility index (Phi) is 2.89. The lowest BCUT2D eigenvalue weighted by Gasteiger charge is -2.25. The van der Waals surface area contributed by atoms with Crippen molar-refractivity contribution in [2.75, 3.05) is 0 Å². The Balaban J connectivity index is 2.46. The Bertz CT molecular complexity index is 419. The summed E-state index contributed by atoms with van der Waals surface area (Å²) >= 11 is 0. The minimum absolute atomic E-state index is 0.00942. The molecule has 0 heterocycles. The van der Waals surface area contributed by atoms with Crippen LogP contribution in [0.15, 0.2) is 18.2 Å². The predicted molar refractivity (Wildman–Crippen MR) is 55.7 cm³/mol. The van der Waals surface area contributed by atoms with E-state index in [1.807, 2.05) is 0 Å². The van der Waals surface area contributed by atoms with Gasteiger partial charge in [-0.3, -0.25) is 0 Å². The molecule has 0 unspecified atom stereocenters. The van der Waals surface area contributed by atoms with Crippen LogP contribution < -0.4 is 5.73 Å². The van der Waals surface area contributed by atoms with Gasteiger partial charge in [0.15, 0.2) is 0 Å². The van der Waals surface area contributed by atoms with E-state index < -0.39 is 23.1 Å². The minimum atomic E-state index is -4.46. The van der Waals surface area contributed by atoms with E-state index >= 15 is 0 Å². The molecule has 1 aromatic carbocycles. The van der Waals surface area contributed by atoms with Gasteiger partial charge in [0, 0.05) is 11.1 Å². The maximum absolute atomic E-state index is 13.6. The average molecular weight is 247 g/mol. The van der Waals surface area contributed by atoms with E-state index in [1.165, 1.54) is 0 Å². The highest BCUT2D eigenvalue weighted by atomic mass is 19.4. The van der Waals surface area contributed by atoms with Gasteiger partial charge in [-0.05, 0) is 31.0 Å². The van der Waals surface area contributed by atoms with Crippen LogP contribution in [0.1, 0.15) is 36.8 Å². The summed E-state index contributed by atoms with van der Waals surface area (Å²) in [4.78, 5) is 0. The Morgan fingerprint density at radius 1 is 1.12 bits per heavy atom. The summed E-state index contributed by atoms with van der Waals surface area (Å²) in [6, 6.07) is 2.45. The van der Waals surface area contributed by atoms with E-state index in [-0.39, 0.29) is 5.56 Å². The second kappa shape index (κ2) is 3.98. The van der Waals surface area contributed by atoms with Crippen molar-refractivity contribution >= 4 is 0 Å². The molecule has 0 radical (unpaired) electrons. The largest absolute Gasteiger partial charge is 0.416 e. The van der Waals surface area contributed by atoms with E-state index in [9.17, 15) is 17.6 Å². The number of alkyl halides is 3. The van der Waals surface area contributed by atoms with Crippen molar-refractivity contribution < 1.29 is 17.6 Å². The Morgan fingerprint density at radius 3 is 2.24 bits per heavy atom. The molecule has 0 saturated heterocycles. The lowest BCUT2D eigenvalue weighted by Crippen LogP contribution is -2.34. The molecule has 5 heteroatoms. The fraction of sp³-hybridized carbons (Fsp3) is 0.500. The molecule has 1 aliphatic carbocycles. The zero-order valence-corrected chi connectivity index (χ0v) is 9.15. The number of benzene rings is 1. The summed E-state index contributed by atoms with van der Waals surface area (Å²) in [7, 11) is 0. The molecule has 2 rings (SSSR count). The maximum atomic E-state index is 13.6. The van der Waals surface area contributed by atoms with Crippen molar-refractivity contribution in [1.29, 1.82) is 0 Å². The molecule has 0 aromatic heterocycles. The normalized spacial score (nSPS) is 19.6. The molecule has 0 aliphatic heterocycles. The van der Waals surface area contributed by atoms with E-state index in [0.717, 1.165) is 31.0 Å². The molecule has 1 saturated carbocycles. The Morgan fingerprint density at radius 2 is 1.71 bits per heavy atom. The van der Waals surface area contributed by atoms with Gasteiger partial charge >= 0.3 is 6.18 Å². The van der Waals surface area contributed by atoms with E-state index in [1.54, 1.807) is 0 Å². The molecular weight excluding hydrogens is 234 g/mol. The number of hydrogen-bond acceptors (Lipinski definition) is 1. The van der Waals surface area contributed by atoms with Crippen LogP contribution in [-0.4, -0.2) is 0 Å². The predicted octanol–water partition coefficient (Wildman–Crippen LogP) is 3.57. The summed E-state index contributed by atoms with van der Waals surface area (Å²) in [5.41, 5.74) is 4.20. The van der Waals surface area contributed by atoms with Crippen molar-refractivity contribution in [3.05, 3.63) is 35.1 Å². The summed E-state index contributed by atoms with van der Waals surface area (Å²) in [5, 5.41) is 0. The van der Waals surface area contributed by atoms with Crippen molar-refractivity contribution in [2.24, 2.45) is 5.73 Å². The summed E-state index contributed by atoms with van der Waals surface area (Å²) < 4.78 is 51.3. The molecule has 17 heavy (non-hydrogen) atoms. The standard InChI is InChI=1S/C12H13F4N/c13-10-4-3-8(12(14,15)16)7-9(10)11(17)5-1-2-6-11/h3-4,7H,1-2,5-6,17H2. The first-order valence-corrected chi connectivity index (χ1v) is 5.49. The summed E-state index contributed by atoms with van der Waals surface area (Å²) in [6.45, 7) is 0. The molecule has 1 aliphatic rings. The van der Waals surface area contributed by atoms with Crippen LogP contribution >= 0.6 is 0 Å². The van der Waals surface area contributed by atoms with Gasteiger partial charge in [0.05, 0.1) is 5.56 Å². The second-order valence-electron chi connectivity index (χ2n) is 4.56. The number of rotatable bonds is 1. The second-order valence-corrected chi connectivity index (χ2v) is 4.56. The topological polar surface area (TPSA) is 26.0 Å². The van der Waals surface area contributed by atoms with Crippen LogP contribution in [0.25, 0.3) is 0 Å². The third kappa shape index (κ3) is 2.29. The quantitative estimate of drug-likeness (QED) is 0.754. The highest BCUT2D eigenvalue weighted by Crippen LogP contribution is 2.39. The van der Waals surface area contributed by atoms with Crippen LogP contribution in [0.2, 0.25) is 0 Å². The van der Waals surface area contributed by atoms with Gasteiger partial charge in [-0.2, -0.15) is 13.2 Å². The Hall–Kier alpha value is -1.10. The SMILES string of the molecule is NC1(c2cc(C(F)(F)F)ccc2F)CCCC1. The molecule has 1 aromatic rings. The maximum Gasteiger partial charge on any atom is 0.416 e. The first kappa shape index (κ1) is 12.4. The van der Waals surface area contributed by atoms with Crippen molar-refractivity contribution in [3.8, 4) is 0 Å². The number of halogens is 4. The number of hydrogen-bond donors (Lipinski definition) is 1. The molecule has 1 fully saturated rings. The fourth-order valence-corrected chi connectivity index (χ4v) is 2.36. The monoisotopic (exact) mass is 247 g/mol. The van der Waals surface area contributed by atoms with Crippen molar-refractivity contribution in [2.45, 2.75) is 37.4 Å². The highest BCUT2D eigenvalue weighted by Gasteiger charge is 2.37. The van der Waals surface area contributed by atoms with Crippen molar-refractivity contribution in [1.82, 2.24) is 0 Å². The van der Waals surface area contributed by atoms with Gasteiger partial charge in [0.1, 0.15) is 5.82 Å². The van der Waals surface area contributed by atoms with Gasteiger partial charge in [0.25, 0.3) is 0 Å². The van der Waals surface area contributed by atoms with E-state index in [4.69, 9.17) is 5.73 Å². The molecule has 0 amide bonds. The zero-order valence-electron chi connectivity index (χ0n) is 9.15.